The van der Waals surface area contributed by atoms with Gasteiger partial charge in [-0.15, -0.1) is 0 Å². The quantitative estimate of drug-likeness (QED) is 0.783. The van der Waals surface area contributed by atoms with Crippen LogP contribution in [0.3, 0.4) is 0 Å². The van der Waals surface area contributed by atoms with Gasteiger partial charge in [0.1, 0.15) is 5.75 Å². The van der Waals surface area contributed by atoms with Crippen molar-refractivity contribution in [2.45, 2.75) is 0 Å². The smallest absolute Gasteiger partial charge is 0.115 e. The van der Waals surface area contributed by atoms with Gasteiger partial charge in [0.2, 0.25) is 0 Å². The standard InChI is InChI=1S/C16H15OP/c17-16-8-6-15(7-9-16)11-13-18-12-10-14-4-2-1-3-5-14/h1-13,17-18H. The predicted octanol–water partition coefficient (Wildman–Crippen LogP) is 4.71. The summed E-state index contributed by atoms with van der Waals surface area (Å²) in [5.74, 6) is 4.59. The topological polar surface area (TPSA) is 20.2 Å². The molecule has 0 aliphatic heterocycles. The second-order valence-electron chi connectivity index (χ2n) is 3.84. The Balaban J connectivity index is 1.85. The minimum atomic E-state index is 0.304. The highest BCUT2D eigenvalue weighted by molar-refractivity contribution is 7.45. The highest BCUT2D eigenvalue weighted by Gasteiger charge is 1.86. The third-order valence-corrected chi connectivity index (χ3v) is 3.15. The fourth-order valence-corrected chi connectivity index (χ4v) is 2.18. The van der Waals surface area contributed by atoms with Crippen LogP contribution in [-0.4, -0.2) is 5.11 Å². The molecule has 0 heterocycles. The Kier molecular flexibility index (Phi) is 4.75. The maximum atomic E-state index is 9.16. The molecule has 0 aliphatic carbocycles. The highest BCUT2D eigenvalue weighted by atomic mass is 31.1. The van der Waals surface area contributed by atoms with Gasteiger partial charge in [0, 0.05) is 0 Å². The number of phenols is 1. The first-order valence-corrected chi connectivity index (χ1v) is 6.93. The summed E-state index contributed by atoms with van der Waals surface area (Å²) in [6, 6.07) is 17.5. The number of phenolic OH excluding ortho intramolecular Hbond substituents is 1. The van der Waals surface area contributed by atoms with Crippen molar-refractivity contribution in [1.29, 1.82) is 0 Å². The number of benzene rings is 2. The normalized spacial score (nSPS) is 12.0. The van der Waals surface area contributed by atoms with Gasteiger partial charge in [-0.05, 0) is 23.3 Å². The average Bonchev–Trinajstić information content (AvgIpc) is 2.42. The van der Waals surface area contributed by atoms with Crippen LogP contribution in [-0.2, 0) is 0 Å². The zero-order valence-corrected chi connectivity index (χ0v) is 11.0. The summed E-state index contributed by atoms with van der Waals surface area (Å²) in [5, 5.41) is 9.16. The van der Waals surface area contributed by atoms with E-state index in [1.807, 2.05) is 30.3 Å². The zero-order chi connectivity index (χ0) is 12.6. The van der Waals surface area contributed by atoms with Crippen LogP contribution in [0.15, 0.2) is 66.2 Å². The van der Waals surface area contributed by atoms with Gasteiger partial charge in [-0.3, -0.25) is 0 Å². The Morgan fingerprint density at radius 3 is 1.89 bits per heavy atom. The molecule has 0 aromatic heterocycles. The van der Waals surface area contributed by atoms with E-state index >= 15 is 0 Å². The lowest BCUT2D eigenvalue weighted by Gasteiger charge is -1.93. The second kappa shape index (κ2) is 6.78. The Morgan fingerprint density at radius 1 is 0.722 bits per heavy atom. The summed E-state index contributed by atoms with van der Waals surface area (Å²) in [6.07, 6.45) is 4.19. The van der Waals surface area contributed by atoms with Crippen LogP contribution in [0.25, 0.3) is 12.2 Å². The van der Waals surface area contributed by atoms with Gasteiger partial charge < -0.3 is 5.11 Å². The molecule has 90 valence electrons. The van der Waals surface area contributed by atoms with Crippen LogP contribution in [0.5, 0.6) is 5.75 Å². The molecule has 1 N–H and O–H groups in total. The molecule has 1 nitrogen and oxygen atoms in total. The lowest BCUT2D eigenvalue weighted by Crippen LogP contribution is -1.68. The summed E-state index contributed by atoms with van der Waals surface area (Å²) in [7, 11) is 0.657. The van der Waals surface area contributed by atoms with E-state index in [0.717, 1.165) is 5.56 Å². The van der Waals surface area contributed by atoms with Crippen molar-refractivity contribution in [2.75, 3.05) is 0 Å². The maximum Gasteiger partial charge on any atom is 0.115 e. The maximum absolute atomic E-state index is 9.16. The van der Waals surface area contributed by atoms with E-state index in [1.165, 1.54) is 5.56 Å². The van der Waals surface area contributed by atoms with Crippen LogP contribution in [0.4, 0.5) is 0 Å². The largest absolute Gasteiger partial charge is 0.508 e. The Hall–Kier alpha value is -1.85. The number of hydrogen-bond acceptors (Lipinski definition) is 1. The van der Waals surface area contributed by atoms with Gasteiger partial charge in [0.25, 0.3) is 0 Å². The molecule has 2 rings (SSSR count). The van der Waals surface area contributed by atoms with Crippen molar-refractivity contribution in [1.82, 2.24) is 0 Å². The van der Waals surface area contributed by atoms with Crippen molar-refractivity contribution in [3.05, 3.63) is 77.4 Å². The molecule has 0 fully saturated rings. The Labute approximate surface area is 109 Å². The molecule has 2 aromatic carbocycles. The summed E-state index contributed by atoms with van der Waals surface area (Å²) in [6.45, 7) is 0. The third-order valence-electron chi connectivity index (χ3n) is 2.44. The van der Waals surface area contributed by atoms with E-state index in [4.69, 9.17) is 5.11 Å². The summed E-state index contributed by atoms with van der Waals surface area (Å²) < 4.78 is 0. The molecular formula is C16H15OP. The molecule has 0 bridgehead atoms. The number of aromatic hydroxyl groups is 1. The Morgan fingerprint density at radius 2 is 1.28 bits per heavy atom. The molecule has 18 heavy (non-hydrogen) atoms. The minimum Gasteiger partial charge on any atom is -0.508 e. The SMILES string of the molecule is Oc1ccc(C=CPC=Cc2ccccc2)cc1. The number of hydrogen-bond donors (Lipinski definition) is 1. The molecule has 1 unspecified atom stereocenters. The van der Waals surface area contributed by atoms with E-state index < -0.39 is 0 Å². The fraction of sp³-hybridized carbons (Fsp3) is 0. The third kappa shape index (κ3) is 4.20. The van der Waals surface area contributed by atoms with Gasteiger partial charge in [0.05, 0.1) is 0 Å². The first-order valence-electron chi connectivity index (χ1n) is 5.78. The van der Waals surface area contributed by atoms with Crippen molar-refractivity contribution in [3.63, 3.8) is 0 Å². The zero-order valence-electron chi connectivity index (χ0n) is 9.95. The van der Waals surface area contributed by atoms with Crippen molar-refractivity contribution < 1.29 is 5.11 Å². The molecule has 0 saturated carbocycles. The Bertz CT molecular complexity index is 527. The first-order chi connectivity index (χ1) is 8.84. The molecule has 0 aliphatic rings. The first kappa shape index (κ1) is 12.6. The minimum absolute atomic E-state index is 0.304. The van der Waals surface area contributed by atoms with Crippen LogP contribution in [0.1, 0.15) is 11.1 Å². The second-order valence-corrected chi connectivity index (χ2v) is 4.84. The summed E-state index contributed by atoms with van der Waals surface area (Å²) >= 11 is 0. The predicted molar refractivity (Wildman–Crippen MR) is 80.9 cm³/mol. The van der Waals surface area contributed by atoms with E-state index in [9.17, 15) is 0 Å². The molecule has 1 atom stereocenters. The molecule has 2 heteroatoms. The van der Waals surface area contributed by atoms with E-state index in [1.54, 1.807) is 12.1 Å². The molecule has 0 saturated heterocycles. The van der Waals surface area contributed by atoms with E-state index in [2.05, 4.69) is 35.9 Å². The van der Waals surface area contributed by atoms with Crippen molar-refractivity contribution in [2.24, 2.45) is 0 Å². The fourth-order valence-electron chi connectivity index (χ4n) is 1.49. The monoisotopic (exact) mass is 254 g/mol. The van der Waals surface area contributed by atoms with Gasteiger partial charge in [-0.2, -0.15) is 0 Å². The van der Waals surface area contributed by atoms with Gasteiger partial charge >= 0.3 is 0 Å². The van der Waals surface area contributed by atoms with Crippen LogP contribution in [0, 0.1) is 0 Å². The van der Waals surface area contributed by atoms with Crippen LogP contribution >= 0.6 is 8.58 Å². The van der Waals surface area contributed by atoms with E-state index in [0.29, 0.717) is 14.3 Å². The van der Waals surface area contributed by atoms with Gasteiger partial charge in [0.15, 0.2) is 0 Å². The van der Waals surface area contributed by atoms with Gasteiger partial charge in [-0.1, -0.05) is 74.8 Å². The molecule has 0 radical (unpaired) electrons. The van der Waals surface area contributed by atoms with E-state index in [-0.39, 0.29) is 0 Å². The highest BCUT2D eigenvalue weighted by Crippen LogP contribution is 2.19. The van der Waals surface area contributed by atoms with Crippen LogP contribution < -0.4 is 0 Å². The molecule has 2 aromatic rings. The number of rotatable bonds is 4. The molecular weight excluding hydrogens is 239 g/mol. The summed E-state index contributed by atoms with van der Waals surface area (Å²) in [4.78, 5) is 0. The van der Waals surface area contributed by atoms with Crippen molar-refractivity contribution in [3.8, 4) is 5.75 Å². The van der Waals surface area contributed by atoms with Crippen molar-refractivity contribution >= 4 is 20.7 Å². The molecule has 0 spiro atoms. The summed E-state index contributed by atoms with van der Waals surface area (Å²) in [5.41, 5.74) is 2.33. The van der Waals surface area contributed by atoms with Crippen LogP contribution in [0.2, 0.25) is 0 Å². The van der Waals surface area contributed by atoms with Gasteiger partial charge in [-0.25, -0.2) is 0 Å². The molecule has 0 amide bonds. The lowest BCUT2D eigenvalue weighted by atomic mass is 10.2. The average molecular weight is 254 g/mol. The lowest BCUT2D eigenvalue weighted by molar-refractivity contribution is 0.475.